The molecule has 142 valence electrons. The zero-order valence-electron chi connectivity index (χ0n) is 15.6. The van der Waals surface area contributed by atoms with Crippen molar-refractivity contribution in [3.8, 4) is 22.6 Å². The highest BCUT2D eigenvalue weighted by molar-refractivity contribution is 5.79. The highest BCUT2D eigenvalue weighted by Crippen LogP contribution is 2.44. The molecular weight excluding hydrogens is 350 g/mol. The Kier molecular flexibility index (Phi) is 4.17. The van der Waals surface area contributed by atoms with Crippen LogP contribution in [0.25, 0.3) is 16.8 Å². The van der Waals surface area contributed by atoms with Gasteiger partial charge in [-0.25, -0.2) is 4.99 Å². The number of aliphatic imine (C=N–C) groups is 1. The lowest BCUT2D eigenvalue weighted by Gasteiger charge is -2.34. The number of aromatic nitrogens is 1. The van der Waals surface area contributed by atoms with Crippen LogP contribution in [0.3, 0.4) is 0 Å². The van der Waals surface area contributed by atoms with Crippen LogP contribution in [0.1, 0.15) is 37.5 Å². The fourth-order valence-corrected chi connectivity index (χ4v) is 4.38. The Morgan fingerprint density at radius 2 is 1.64 bits per heavy atom. The van der Waals surface area contributed by atoms with Crippen molar-refractivity contribution in [3.05, 3.63) is 66.4 Å². The van der Waals surface area contributed by atoms with Crippen molar-refractivity contribution in [2.45, 2.75) is 38.0 Å². The summed E-state index contributed by atoms with van der Waals surface area (Å²) in [5.41, 5.74) is 3.71. The van der Waals surface area contributed by atoms with Crippen LogP contribution in [0.5, 0.6) is 5.75 Å². The molecule has 3 aromatic rings. The molecule has 5 heteroatoms. The van der Waals surface area contributed by atoms with Crippen LogP contribution in [0.4, 0.5) is 5.82 Å². The molecule has 2 aromatic carbocycles. The molecule has 2 aliphatic rings. The van der Waals surface area contributed by atoms with Crippen LogP contribution in [0.15, 0.2) is 65.8 Å². The predicted octanol–water partition coefficient (Wildman–Crippen LogP) is 4.76. The first kappa shape index (κ1) is 17.1. The van der Waals surface area contributed by atoms with Crippen molar-refractivity contribution in [1.29, 1.82) is 0 Å². The fraction of sp³-hybridized carbons (Fsp3) is 0.261. The number of fused-ring (bicyclic) bond motifs is 1. The minimum Gasteiger partial charge on any atom is -0.508 e. The smallest absolute Gasteiger partial charge is 0.158 e. The molecule has 0 saturated heterocycles. The first-order chi connectivity index (χ1) is 13.7. The summed E-state index contributed by atoms with van der Waals surface area (Å²) in [6.45, 7) is 0. The molecule has 0 radical (unpaired) electrons. The van der Waals surface area contributed by atoms with Gasteiger partial charge >= 0.3 is 0 Å². The van der Waals surface area contributed by atoms with Crippen molar-refractivity contribution >= 4 is 12.2 Å². The third kappa shape index (κ3) is 2.79. The van der Waals surface area contributed by atoms with Gasteiger partial charge in [-0.2, -0.15) is 0 Å². The minimum atomic E-state index is -0.732. The highest BCUT2D eigenvalue weighted by atomic mass is 16.3. The normalized spacial score (nSPS) is 19.2. The summed E-state index contributed by atoms with van der Waals surface area (Å²) in [5.74, 6) is 0.988. The Morgan fingerprint density at radius 3 is 2.36 bits per heavy atom. The molecule has 1 saturated carbocycles. The van der Waals surface area contributed by atoms with Gasteiger partial charge in [0.05, 0.1) is 11.9 Å². The zero-order chi connectivity index (χ0) is 19.1. The lowest BCUT2D eigenvalue weighted by Crippen LogP contribution is -2.37. The van der Waals surface area contributed by atoms with Crippen LogP contribution < -0.4 is 0 Å². The highest BCUT2D eigenvalue weighted by Gasteiger charge is 2.34. The standard InChI is InChI=1S/C23H23N3O2/c27-19-12-10-16(11-13-19)20-14-25(17-6-2-1-3-7-17)22-21(20)23(28)26(15-24-22)18-8-4-5-9-18/h1-3,6-7,10-15,18,23,27-28H,4-5,8-9H2. The van der Waals surface area contributed by atoms with Gasteiger partial charge in [0.2, 0.25) is 0 Å². The van der Waals surface area contributed by atoms with Gasteiger partial charge in [0.1, 0.15) is 11.6 Å². The molecule has 1 fully saturated rings. The Bertz CT molecular complexity index is 1000. The van der Waals surface area contributed by atoms with Crippen molar-refractivity contribution < 1.29 is 10.2 Å². The van der Waals surface area contributed by atoms with Gasteiger partial charge in [0, 0.05) is 23.5 Å². The zero-order valence-corrected chi connectivity index (χ0v) is 15.6. The molecule has 0 spiro atoms. The summed E-state index contributed by atoms with van der Waals surface area (Å²) < 4.78 is 2.03. The maximum Gasteiger partial charge on any atom is 0.158 e. The van der Waals surface area contributed by atoms with Crippen molar-refractivity contribution in [3.63, 3.8) is 0 Å². The number of aromatic hydroxyl groups is 1. The predicted molar refractivity (Wildman–Crippen MR) is 110 cm³/mol. The summed E-state index contributed by atoms with van der Waals surface area (Å²) in [7, 11) is 0. The van der Waals surface area contributed by atoms with Crippen LogP contribution in [0, 0.1) is 0 Å². The Morgan fingerprint density at radius 1 is 0.929 bits per heavy atom. The van der Waals surface area contributed by atoms with E-state index in [2.05, 4.69) is 0 Å². The number of rotatable bonds is 3. The average molecular weight is 373 g/mol. The molecule has 2 N–H and O–H groups in total. The summed E-state index contributed by atoms with van der Waals surface area (Å²) in [6.07, 6.45) is 7.69. The van der Waals surface area contributed by atoms with Crippen LogP contribution in [0.2, 0.25) is 0 Å². The quantitative estimate of drug-likeness (QED) is 0.696. The Balaban J connectivity index is 1.67. The van der Waals surface area contributed by atoms with Crippen LogP contribution in [-0.2, 0) is 0 Å². The monoisotopic (exact) mass is 373 g/mol. The van der Waals surface area contributed by atoms with Gasteiger partial charge < -0.3 is 19.7 Å². The van der Waals surface area contributed by atoms with E-state index in [-0.39, 0.29) is 5.75 Å². The molecule has 5 nitrogen and oxygen atoms in total. The van der Waals surface area contributed by atoms with E-state index in [1.807, 2.05) is 64.5 Å². The van der Waals surface area contributed by atoms with Crippen LogP contribution >= 0.6 is 0 Å². The number of hydrogen-bond donors (Lipinski definition) is 2. The summed E-state index contributed by atoms with van der Waals surface area (Å²) >= 11 is 0. The molecule has 1 aliphatic heterocycles. The van der Waals surface area contributed by atoms with E-state index in [1.54, 1.807) is 12.1 Å². The largest absolute Gasteiger partial charge is 0.508 e. The number of nitrogens with zero attached hydrogens (tertiary/aromatic N) is 3. The van der Waals surface area contributed by atoms with Gasteiger partial charge in [0.25, 0.3) is 0 Å². The van der Waals surface area contributed by atoms with E-state index >= 15 is 0 Å². The Labute approximate surface area is 164 Å². The van der Waals surface area contributed by atoms with E-state index in [4.69, 9.17) is 4.99 Å². The summed E-state index contributed by atoms with van der Waals surface area (Å²) in [5, 5.41) is 21.0. The molecule has 28 heavy (non-hydrogen) atoms. The molecule has 0 amide bonds. The second kappa shape index (κ2) is 6.84. The van der Waals surface area contributed by atoms with E-state index in [0.29, 0.717) is 6.04 Å². The number of para-hydroxylation sites is 1. The maximum atomic E-state index is 11.3. The molecule has 1 unspecified atom stereocenters. The molecule has 1 atom stereocenters. The fourth-order valence-electron chi connectivity index (χ4n) is 4.38. The van der Waals surface area contributed by atoms with Crippen molar-refractivity contribution in [2.24, 2.45) is 4.99 Å². The van der Waals surface area contributed by atoms with E-state index in [9.17, 15) is 10.2 Å². The lowest BCUT2D eigenvalue weighted by molar-refractivity contribution is 0.0299. The topological polar surface area (TPSA) is 61.0 Å². The van der Waals surface area contributed by atoms with Gasteiger partial charge in [0.15, 0.2) is 6.23 Å². The number of benzene rings is 2. The molecule has 1 aliphatic carbocycles. The maximum absolute atomic E-state index is 11.3. The molecule has 5 rings (SSSR count). The Hall–Kier alpha value is -3.05. The third-order valence-corrected chi connectivity index (χ3v) is 5.83. The van der Waals surface area contributed by atoms with E-state index in [0.717, 1.165) is 41.0 Å². The SMILES string of the molecule is Oc1ccc(-c2cn(-c3ccccc3)c3c2C(O)N(C2CCCC2)C=N3)cc1. The van der Waals surface area contributed by atoms with Gasteiger partial charge in [-0.05, 0) is 42.7 Å². The minimum absolute atomic E-state index is 0.228. The number of phenols is 1. The average Bonchev–Trinajstić information content (AvgIpc) is 3.38. The number of hydrogen-bond acceptors (Lipinski definition) is 4. The third-order valence-electron chi connectivity index (χ3n) is 5.83. The lowest BCUT2D eigenvalue weighted by atomic mass is 10.0. The van der Waals surface area contributed by atoms with E-state index in [1.165, 1.54) is 12.8 Å². The first-order valence-corrected chi connectivity index (χ1v) is 9.82. The van der Waals surface area contributed by atoms with Crippen molar-refractivity contribution in [2.75, 3.05) is 0 Å². The second-order valence-corrected chi connectivity index (χ2v) is 7.54. The van der Waals surface area contributed by atoms with Gasteiger partial charge in [-0.3, -0.25) is 0 Å². The number of aliphatic hydroxyl groups excluding tert-OH is 1. The molecule has 2 heterocycles. The van der Waals surface area contributed by atoms with Crippen LogP contribution in [-0.4, -0.2) is 32.1 Å². The molecular formula is C23H23N3O2. The second-order valence-electron chi connectivity index (χ2n) is 7.54. The van der Waals surface area contributed by atoms with Crippen molar-refractivity contribution in [1.82, 2.24) is 9.47 Å². The van der Waals surface area contributed by atoms with E-state index < -0.39 is 6.23 Å². The molecule has 1 aromatic heterocycles. The van der Waals surface area contributed by atoms with Gasteiger partial charge in [-0.1, -0.05) is 43.2 Å². The van der Waals surface area contributed by atoms with Gasteiger partial charge in [-0.15, -0.1) is 0 Å². The molecule has 0 bridgehead atoms. The number of aliphatic hydroxyl groups is 1. The summed E-state index contributed by atoms with van der Waals surface area (Å²) in [4.78, 5) is 6.77. The summed E-state index contributed by atoms with van der Waals surface area (Å²) in [6, 6.07) is 17.5. The first-order valence-electron chi connectivity index (χ1n) is 9.82. The number of phenolic OH excluding ortho intramolecular Hbond substituents is 1.